The lowest BCUT2D eigenvalue weighted by Gasteiger charge is -2.24. The predicted molar refractivity (Wildman–Crippen MR) is 144 cm³/mol. The fourth-order valence-electron chi connectivity index (χ4n) is 4.58. The molecule has 5 rings (SSSR count). The van der Waals surface area contributed by atoms with Crippen LogP contribution in [0.2, 0.25) is 0 Å². The van der Waals surface area contributed by atoms with E-state index in [1.165, 1.54) is 12.1 Å². The molecule has 1 N–H and O–H groups in total. The molecule has 2 heterocycles. The summed E-state index contributed by atoms with van der Waals surface area (Å²) in [6.45, 7) is 2.81. The Bertz CT molecular complexity index is 1590. The Hall–Kier alpha value is -4.23. The molecule has 0 spiro atoms. The number of H-pyrrole nitrogens is 1. The van der Waals surface area contributed by atoms with Crippen molar-refractivity contribution in [1.82, 2.24) is 19.7 Å². The third-order valence-electron chi connectivity index (χ3n) is 6.81. The summed E-state index contributed by atoms with van der Waals surface area (Å²) in [4.78, 5) is 15.8. The summed E-state index contributed by atoms with van der Waals surface area (Å²) in [5.41, 5.74) is 4.84. The standard InChI is InChI=1S/C30H29FN4O2/c1-20(27-17-28(33-32-27)22-9-5-4-6-10-22)34(2)19-24-15-23-12-13-25(31)16-29(23)35(30(24)36)18-21-8-7-11-26(14-21)37-3/h4-17,20H,18-19H2,1-3H3,(H,32,33). The van der Waals surface area contributed by atoms with E-state index in [4.69, 9.17) is 4.74 Å². The van der Waals surface area contributed by atoms with Gasteiger partial charge in [0.25, 0.3) is 5.56 Å². The molecule has 1 unspecified atom stereocenters. The zero-order valence-electron chi connectivity index (χ0n) is 21.1. The minimum atomic E-state index is -0.377. The third kappa shape index (κ3) is 5.17. The monoisotopic (exact) mass is 496 g/mol. The van der Waals surface area contributed by atoms with Gasteiger partial charge in [-0.1, -0.05) is 42.5 Å². The average molecular weight is 497 g/mol. The number of halogens is 1. The topological polar surface area (TPSA) is 63.1 Å². The van der Waals surface area contributed by atoms with Crippen LogP contribution < -0.4 is 10.3 Å². The molecule has 0 saturated heterocycles. The molecule has 0 fully saturated rings. The van der Waals surface area contributed by atoms with Crippen molar-refractivity contribution >= 4 is 10.9 Å². The van der Waals surface area contributed by atoms with Gasteiger partial charge in [-0.2, -0.15) is 5.10 Å². The molecule has 7 heteroatoms. The van der Waals surface area contributed by atoms with Gasteiger partial charge < -0.3 is 9.30 Å². The number of benzene rings is 3. The quantitative estimate of drug-likeness (QED) is 0.296. The number of rotatable bonds is 8. The van der Waals surface area contributed by atoms with Crippen molar-refractivity contribution in [1.29, 1.82) is 0 Å². The Kier molecular flexibility index (Phi) is 6.88. The van der Waals surface area contributed by atoms with E-state index in [9.17, 15) is 9.18 Å². The maximum atomic E-state index is 14.2. The molecule has 0 amide bonds. The van der Waals surface area contributed by atoms with E-state index in [0.29, 0.717) is 29.9 Å². The number of hydrogen-bond acceptors (Lipinski definition) is 4. The first kappa shape index (κ1) is 24.5. The summed E-state index contributed by atoms with van der Waals surface area (Å²) in [7, 11) is 3.59. The average Bonchev–Trinajstić information content (AvgIpc) is 3.42. The summed E-state index contributed by atoms with van der Waals surface area (Å²) in [5.74, 6) is 0.332. The molecule has 5 aromatic rings. The Labute approximate surface area is 215 Å². The molecule has 0 aliphatic rings. The van der Waals surface area contributed by atoms with Crippen molar-refractivity contribution in [2.45, 2.75) is 26.1 Å². The number of pyridine rings is 1. The van der Waals surface area contributed by atoms with Gasteiger partial charge in [0.2, 0.25) is 0 Å². The Morgan fingerprint density at radius 3 is 2.62 bits per heavy atom. The van der Waals surface area contributed by atoms with Crippen LogP contribution in [0.25, 0.3) is 22.2 Å². The Morgan fingerprint density at radius 2 is 1.84 bits per heavy atom. The first-order valence-electron chi connectivity index (χ1n) is 12.2. The van der Waals surface area contributed by atoms with Crippen LogP contribution in [0.15, 0.2) is 89.7 Å². The van der Waals surface area contributed by atoms with E-state index < -0.39 is 0 Å². The number of methoxy groups -OCH3 is 1. The van der Waals surface area contributed by atoms with Gasteiger partial charge in [0.05, 0.1) is 30.6 Å². The van der Waals surface area contributed by atoms with Crippen molar-refractivity contribution in [2.75, 3.05) is 14.2 Å². The van der Waals surface area contributed by atoms with E-state index in [1.807, 2.05) is 73.8 Å². The molecular formula is C30H29FN4O2. The van der Waals surface area contributed by atoms with Gasteiger partial charge in [-0.15, -0.1) is 0 Å². The summed E-state index contributed by atoms with van der Waals surface area (Å²) in [6.07, 6.45) is 0. The van der Waals surface area contributed by atoms with Crippen LogP contribution in [0.3, 0.4) is 0 Å². The predicted octanol–water partition coefficient (Wildman–Crippen LogP) is 5.78. The minimum absolute atomic E-state index is 0.0138. The second-order valence-electron chi connectivity index (χ2n) is 9.28. The van der Waals surface area contributed by atoms with Gasteiger partial charge in [-0.05, 0) is 67.4 Å². The highest BCUT2D eigenvalue weighted by atomic mass is 19.1. The van der Waals surface area contributed by atoms with E-state index in [1.54, 1.807) is 17.7 Å². The highest BCUT2D eigenvalue weighted by Gasteiger charge is 2.18. The number of aromatic nitrogens is 3. The molecule has 1 atom stereocenters. The van der Waals surface area contributed by atoms with Gasteiger partial charge in [0.15, 0.2) is 0 Å². The van der Waals surface area contributed by atoms with Crippen LogP contribution in [0, 0.1) is 5.82 Å². The number of nitrogens with one attached hydrogen (secondary N) is 1. The van der Waals surface area contributed by atoms with E-state index in [0.717, 1.165) is 27.9 Å². The first-order valence-corrected chi connectivity index (χ1v) is 12.2. The number of fused-ring (bicyclic) bond motifs is 1. The molecule has 6 nitrogen and oxygen atoms in total. The van der Waals surface area contributed by atoms with Crippen molar-refractivity contribution in [3.63, 3.8) is 0 Å². The van der Waals surface area contributed by atoms with Crippen LogP contribution in [-0.4, -0.2) is 33.8 Å². The first-order chi connectivity index (χ1) is 17.9. The van der Waals surface area contributed by atoms with Crippen molar-refractivity contribution < 1.29 is 9.13 Å². The van der Waals surface area contributed by atoms with E-state index >= 15 is 0 Å². The van der Waals surface area contributed by atoms with E-state index in [-0.39, 0.29) is 17.4 Å². The van der Waals surface area contributed by atoms with Crippen LogP contribution in [-0.2, 0) is 13.1 Å². The molecule has 0 saturated carbocycles. The van der Waals surface area contributed by atoms with Gasteiger partial charge in [0.1, 0.15) is 11.6 Å². The number of hydrogen-bond donors (Lipinski definition) is 1. The van der Waals surface area contributed by atoms with Crippen LogP contribution in [0.5, 0.6) is 5.75 Å². The molecule has 0 radical (unpaired) electrons. The lowest BCUT2D eigenvalue weighted by molar-refractivity contribution is 0.247. The Morgan fingerprint density at radius 1 is 1.03 bits per heavy atom. The molecule has 2 aromatic heterocycles. The molecule has 37 heavy (non-hydrogen) atoms. The Balaban J connectivity index is 1.46. The molecule has 0 bridgehead atoms. The highest BCUT2D eigenvalue weighted by Crippen LogP contribution is 2.25. The molecule has 3 aromatic carbocycles. The van der Waals surface area contributed by atoms with Gasteiger partial charge in [-0.3, -0.25) is 14.8 Å². The SMILES string of the molecule is COc1cccc(Cn2c(=O)c(CN(C)C(C)c3cc(-c4ccccc4)n[nH]3)cc3ccc(F)cc32)c1. The second-order valence-corrected chi connectivity index (χ2v) is 9.28. The molecular weight excluding hydrogens is 467 g/mol. The fourth-order valence-corrected chi connectivity index (χ4v) is 4.58. The minimum Gasteiger partial charge on any atom is -0.497 e. The summed E-state index contributed by atoms with van der Waals surface area (Å²) in [6, 6.07) is 26.0. The zero-order valence-corrected chi connectivity index (χ0v) is 21.1. The van der Waals surface area contributed by atoms with Gasteiger partial charge in [0, 0.05) is 23.7 Å². The maximum Gasteiger partial charge on any atom is 0.255 e. The summed E-state index contributed by atoms with van der Waals surface area (Å²) in [5, 5.41) is 8.44. The lowest BCUT2D eigenvalue weighted by atomic mass is 10.1. The molecule has 0 aliphatic heterocycles. The smallest absolute Gasteiger partial charge is 0.255 e. The van der Waals surface area contributed by atoms with Crippen LogP contribution in [0.4, 0.5) is 4.39 Å². The lowest BCUT2D eigenvalue weighted by Crippen LogP contribution is -2.30. The van der Waals surface area contributed by atoms with Crippen LogP contribution >= 0.6 is 0 Å². The highest BCUT2D eigenvalue weighted by molar-refractivity contribution is 5.80. The normalized spacial score (nSPS) is 12.2. The largest absolute Gasteiger partial charge is 0.497 e. The van der Waals surface area contributed by atoms with E-state index in [2.05, 4.69) is 22.0 Å². The van der Waals surface area contributed by atoms with Gasteiger partial charge >= 0.3 is 0 Å². The zero-order chi connectivity index (χ0) is 25.9. The van der Waals surface area contributed by atoms with Crippen LogP contribution in [0.1, 0.15) is 29.8 Å². The molecule has 188 valence electrons. The number of aromatic amines is 1. The maximum absolute atomic E-state index is 14.2. The number of nitrogens with zero attached hydrogens (tertiary/aromatic N) is 3. The third-order valence-corrected chi connectivity index (χ3v) is 6.81. The van der Waals surface area contributed by atoms with Crippen molar-refractivity contribution in [3.8, 4) is 17.0 Å². The second kappa shape index (κ2) is 10.4. The molecule has 0 aliphatic carbocycles. The van der Waals surface area contributed by atoms with Crippen molar-refractivity contribution in [2.24, 2.45) is 0 Å². The summed E-state index contributed by atoms with van der Waals surface area (Å²) >= 11 is 0. The van der Waals surface area contributed by atoms with Gasteiger partial charge in [-0.25, -0.2) is 4.39 Å². The number of ether oxygens (including phenoxy) is 1. The fraction of sp³-hybridized carbons (Fsp3) is 0.200. The van der Waals surface area contributed by atoms with Crippen molar-refractivity contribution in [3.05, 3.63) is 118 Å². The summed E-state index contributed by atoms with van der Waals surface area (Å²) < 4.78 is 21.2.